The van der Waals surface area contributed by atoms with Crippen molar-refractivity contribution in [1.82, 2.24) is 9.88 Å². The molecule has 0 aliphatic carbocycles. The molecule has 0 saturated carbocycles. The van der Waals surface area contributed by atoms with Crippen LogP contribution in [0.4, 0.5) is 17.2 Å². The Morgan fingerprint density at radius 1 is 1.39 bits per heavy atom. The fourth-order valence-electron chi connectivity index (χ4n) is 2.83. The molecule has 2 aromatic rings. The SMILES string of the molecule is Nc1cccc(CN2CCC(Nc3ccc([N+](=O)[O-])cn3)C2)c1. The first-order chi connectivity index (χ1) is 11.1. The predicted octanol–water partition coefficient (Wildman–Crippen LogP) is 2.26. The summed E-state index contributed by atoms with van der Waals surface area (Å²) in [5.74, 6) is 0.673. The Kier molecular flexibility index (Phi) is 4.38. The first-order valence-electron chi connectivity index (χ1n) is 7.54. The summed E-state index contributed by atoms with van der Waals surface area (Å²) in [6.07, 6.45) is 2.29. The Labute approximate surface area is 134 Å². The summed E-state index contributed by atoms with van der Waals surface area (Å²) < 4.78 is 0. The van der Waals surface area contributed by atoms with Gasteiger partial charge in [0.15, 0.2) is 0 Å². The number of rotatable bonds is 5. The first-order valence-corrected chi connectivity index (χ1v) is 7.54. The molecule has 7 heteroatoms. The van der Waals surface area contributed by atoms with E-state index in [4.69, 9.17) is 5.73 Å². The molecule has 1 aliphatic rings. The number of hydrogen-bond donors (Lipinski definition) is 2. The van der Waals surface area contributed by atoms with Crippen molar-refractivity contribution in [2.24, 2.45) is 0 Å². The number of nitrogens with zero attached hydrogens (tertiary/aromatic N) is 3. The lowest BCUT2D eigenvalue weighted by atomic mass is 10.2. The monoisotopic (exact) mass is 313 g/mol. The molecule has 23 heavy (non-hydrogen) atoms. The van der Waals surface area contributed by atoms with Crippen molar-refractivity contribution in [3.05, 3.63) is 58.3 Å². The predicted molar refractivity (Wildman–Crippen MR) is 89.1 cm³/mol. The molecule has 1 fully saturated rings. The van der Waals surface area contributed by atoms with E-state index in [1.165, 1.54) is 17.8 Å². The topological polar surface area (TPSA) is 97.3 Å². The summed E-state index contributed by atoms with van der Waals surface area (Å²) in [6.45, 7) is 2.78. The molecule has 3 rings (SSSR count). The van der Waals surface area contributed by atoms with Gasteiger partial charge in [0, 0.05) is 37.4 Å². The minimum atomic E-state index is -0.445. The number of hydrogen-bond acceptors (Lipinski definition) is 6. The second-order valence-electron chi connectivity index (χ2n) is 5.77. The molecule has 1 aromatic heterocycles. The first kappa shape index (κ1) is 15.2. The average molecular weight is 313 g/mol. The maximum Gasteiger partial charge on any atom is 0.287 e. The average Bonchev–Trinajstić information content (AvgIpc) is 2.95. The Morgan fingerprint density at radius 3 is 2.96 bits per heavy atom. The summed E-state index contributed by atoms with van der Waals surface area (Å²) in [7, 11) is 0. The molecule has 0 amide bonds. The number of nitrogen functional groups attached to an aromatic ring is 1. The maximum atomic E-state index is 10.6. The van der Waals surface area contributed by atoms with E-state index in [2.05, 4.69) is 21.3 Å². The highest BCUT2D eigenvalue weighted by Crippen LogP contribution is 2.19. The summed E-state index contributed by atoms with van der Waals surface area (Å²) in [5, 5.41) is 14.0. The van der Waals surface area contributed by atoms with Crippen LogP contribution in [0.2, 0.25) is 0 Å². The van der Waals surface area contributed by atoms with Gasteiger partial charge in [-0.15, -0.1) is 0 Å². The molecular formula is C16H19N5O2. The molecule has 120 valence electrons. The summed E-state index contributed by atoms with van der Waals surface area (Å²) in [6, 6.07) is 11.3. The van der Waals surface area contributed by atoms with Gasteiger partial charge in [-0.3, -0.25) is 15.0 Å². The van der Waals surface area contributed by atoms with Crippen molar-refractivity contribution in [3.63, 3.8) is 0 Å². The molecule has 2 heterocycles. The number of pyridine rings is 1. The van der Waals surface area contributed by atoms with E-state index in [0.29, 0.717) is 11.9 Å². The Morgan fingerprint density at radius 2 is 2.26 bits per heavy atom. The smallest absolute Gasteiger partial charge is 0.287 e. The van der Waals surface area contributed by atoms with Crippen molar-refractivity contribution in [2.75, 3.05) is 24.1 Å². The largest absolute Gasteiger partial charge is 0.399 e. The molecule has 1 aliphatic heterocycles. The van der Waals surface area contributed by atoms with Crippen molar-refractivity contribution in [3.8, 4) is 0 Å². The van der Waals surface area contributed by atoms with Crippen molar-refractivity contribution in [1.29, 1.82) is 0 Å². The van der Waals surface area contributed by atoms with Gasteiger partial charge in [0.2, 0.25) is 0 Å². The van der Waals surface area contributed by atoms with Crippen LogP contribution < -0.4 is 11.1 Å². The van der Waals surface area contributed by atoms with Crippen LogP contribution in [-0.2, 0) is 6.54 Å². The Balaban J connectivity index is 1.54. The maximum absolute atomic E-state index is 10.6. The number of nitrogens with one attached hydrogen (secondary N) is 1. The molecule has 7 nitrogen and oxygen atoms in total. The van der Waals surface area contributed by atoms with Gasteiger partial charge >= 0.3 is 0 Å². The second kappa shape index (κ2) is 6.62. The summed E-state index contributed by atoms with van der Waals surface area (Å²) in [5.41, 5.74) is 7.80. The minimum Gasteiger partial charge on any atom is -0.399 e. The fourth-order valence-corrected chi connectivity index (χ4v) is 2.83. The zero-order valence-electron chi connectivity index (χ0n) is 12.7. The van der Waals surface area contributed by atoms with Crippen LogP contribution >= 0.6 is 0 Å². The van der Waals surface area contributed by atoms with E-state index >= 15 is 0 Å². The molecule has 1 atom stereocenters. The molecule has 1 saturated heterocycles. The van der Waals surface area contributed by atoms with Gasteiger partial charge in [-0.05, 0) is 30.2 Å². The number of nitrogens with two attached hydrogens (primary N) is 1. The normalized spacial score (nSPS) is 18.0. The molecule has 3 N–H and O–H groups in total. The zero-order valence-corrected chi connectivity index (χ0v) is 12.7. The lowest BCUT2D eigenvalue weighted by molar-refractivity contribution is -0.385. The fraction of sp³-hybridized carbons (Fsp3) is 0.312. The van der Waals surface area contributed by atoms with E-state index in [1.54, 1.807) is 6.07 Å². The zero-order chi connectivity index (χ0) is 16.2. The number of aromatic nitrogens is 1. The van der Waals surface area contributed by atoms with Crippen LogP contribution in [0, 0.1) is 10.1 Å². The van der Waals surface area contributed by atoms with Crippen LogP contribution in [0.1, 0.15) is 12.0 Å². The van der Waals surface area contributed by atoms with Crippen molar-refractivity contribution < 1.29 is 4.92 Å². The summed E-state index contributed by atoms with van der Waals surface area (Å²) >= 11 is 0. The van der Waals surface area contributed by atoms with E-state index in [0.717, 1.165) is 31.7 Å². The number of likely N-dealkylation sites (tertiary alicyclic amines) is 1. The van der Waals surface area contributed by atoms with Crippen LogP contribution in [-0.4, -0.2) is 33.9 Å². The van der Waals surface area contributed by atoms with Gasteiger partial charge in [-0.2, -0.15) is 0 Å². The number of benzene rings is 1. The van der Waals surface area contributed by atoms with Crippen LogP contribution in [0.3, 0.4) is 0 Å². The van der Waals surface area contributed by atoms with Gasteiger partial charge in [-0.1, -0.05) is 12.1 Å². The highest BCUT2D eigenvalue weighted by atomic mass is 16.6. The highest BCUT2D eigenvalue weighted by molar-refractivity contribution is 5.42. The van der Waals surface area contributed by atoms with Gasteiger partial charge in [0.05, 0.1) is 4.92 Å². The molecule has 0 bridgehead atoms. The van der Waals surface area contributed by atoms with Crippen LogP contribution in [0.25, 0.3) is 0 Å². The number of anilines is 2. The summed E-state index contributed by atoms with van der Waals surface area (Å²) in [4.78, 5) is 16.6. The minimum absolute atomic E-state index is 0.00487. The third-order valence-corrected chi connectivity index (χ3v) is 3.94. The van der Waals surface area contributed by atoms with Gasteiger partial charge in [-0.25, -0.2) is 4.98 Å². The Hall–Kier alpha value is -2.67. The van der Waals surface area contributed by atoms with Gasteiger partial charge in [0.25, 0.3) is 5.69 Å². The standard InChI is InChI=1S/C16H19N5O2/c17-13-3-1-2-12(8-13)10-20-7-6-14(11-20)19-16-5-4-15(9-18-16)21(22)23/h1-5,8-9,14H,6-7,10-11,17H2,(H,18,19). The third-order valence-electron chi connectivity index (χ3n) is 3.94. The third kappa shape index (κ3) is 3.95. The molecular weight excluding hydrogens is 294 g/mol. The second-order valence-corrected chi connectivity index (χ2v) is 5.77. The van der Waals surface area contributed by atoms with Crippen LogP contribution in [0.15, 0.2) is 42.6 Å². The lowest BCUT2D eigenvalue weighted by Crippen LogP contribution is -2.26. The molecule has 1 aromatic carbocycles. The van der Waals surface area contributed by atoms with E-state index < -0.39 is 4.92 Å². The van der Waals surface area contributed by atoms with Crippen molar-refractivity contribution >= 4 is 17.2 Å². The quantitative estimate of drug-likeness (QED) is 0.499. The Bertz CT molecular complexity index is 689. The highest BCUT2D eigenvalue weighted by Gasteiger charge is 2.22. The van der Waals surface area contributed by atoms with E-state index in [1.807, 2.05) is 18.2 Å². The molecule has 0 spiro atoms. The van der Waals surface area contributed by atoms with Crippen LogP contribution in [0.5, 0.6) is 0 Å². The van der Waals surface area contributed by atoms with E-state index in [9.17, 15) is 10.1 Å². The molecule has 1 unspecified atom stereocenters. The number of nitro groups is 1. The van der Waals surface area contributed by atoms with Gasteiger partial charge in [0.1, 0.15) is 12.0 Å². The molecule has 0 radical (unpaired) electrons. The van der Waals surface area contributed by atoms with Gasteiger partial charge < -0.3 is 11.1 Å². The van der Waals surface area contributed by atoms with Crippen molar-refractivity contribution in [2.45, 2.75) is 19.0 Å². The lowest BCUT2D eigenvalue weighted by Gasteiger charge is -2.17. The van der Waals surface area contributed by atoms with E-state index in [-0.39, 0.29) is 5.69 Å².